The average Bonchev–Trinajstić information content (AvgIpc) is 2.50. The fraction of sp³-hybridized carbons (Fsp3) is 0.294. The molecule has 0 aliphatic heterocycles. The number of aliphatic hydroxyl groups is 1. The van der Waals surface area contributed by atoms with E-state index in [-0.39, 0.29) is 0 Å². The minimum Gasteiger partial charge on any atom is -0.390 e. The zero-order valence-electron chi connectivity index (χ0n) is 11.7. The first-order chi connectivity index (χ1) is 10.2. The Hall–Kier alpha value is -1.00. The summed E-state index contributed by atoms with van der Waals surface area (Å²) in [6.07, 6.45) is -0.439. The van der Waals surface area contributed by atoms with E-state index in [1.807, 2.05) is 42.5 Å². The van der Waals surface area contributed by atoms with Crippen molar-refractivity contribution in [2.45, 2.75) is 18.5 Å². The van der Waals surface area contributed by atoms with Crippen molar-refractivity contribution in [3.05, 3.63) is 70.7 Å². The summed E-state index contributed by atoms with van der Waals surface area (Å²) < 4.78 is 5.52. The van der Waals surface area contributed by atoms with Crippen LogP contribution in [0.1, 0.15) is 11.1 Å². The van der Waals surface area contributed by atoms with E-state index in [9.17, 15) is 5.11 Å². The SMILES string of the molecule is OC(COCc1ccc(Cl)cc1)CSCc1ccccc1. The van der Waals surface area contributed by atoms with Gasteiger partial charge in [0.05, 0.1) is 19.3 Å². The molecular weight excluding hydrogens is 304 g/mol. The molecular formula is C17H19ClO2S. The Kier molecular flexibility index (Phi) is 7.10. The lowest BCUT2D eigenvalue weighted by molar-refractivity contribution is 0.0398. The molecule has 21 heavy (non-hydrogen) atoms. The number of rotatable bonds is 8. The van der Waals surface area contributed by atoms with E-state index in [4.69, 9.17) is 16.3 Å². The summed E-state index contributed by atoms with van der Waals surface area (Å²) in [5.74, 6) is 1.59. The van der Waals surface area contributed by atoms with Crippen molar-refractivity contribution in [2.24, 2.45) is 0 Å². The Bertz CT molecular complexity index is 516. The van der Waals surface area contributed by atoms with E-state index in [0.717, 1.165) is 16.3 Å². The molecule has 4 heteroatoms. The van der Waals surface area contributed by atoms with Crippen LogP contribution in [0.15, 0.2) is 54.6 Å². The zero-order valence-corrected chi connectivity index (χ0v) is 13.3. The van der Waals surface area contributed by atoms with Gasteiger partial charge in [0, 0.05) is 16.5 Å². The van der Waals surface area contributed by atoms with Crippen molar-refractivity contribution in [3.63, 3.8) is 0 Å². The molecule has 1 atom stereocenters. The molecule has 2 aromatic rings. The van der Waals surface area contributed by atoms with Crippen LogP contribution < -0.4 is 0 Å². The molecule has 0 aromatic heterocycles. The number of hydrogen-bond donors (Lipinski definition) is 1. The van der Waals surface area contributed by atoms with Gasteiger partial charge in [-0.3, -0.25) is 0 Å². The summed E-state index contributed by atoms with van der Waals surface area (Å²) in [4.78, 5) is 0. The maximum Gasteiger partial charge on any atom is 0.0864 e. The number of halogens is 1. The maximum absolute atomic E-state index is 9.88. The highest BCUT2D eigenvalue weighted by molar-refractivity contribution is 7.98. The summed E-state index contributed by atoms with van der Waals surface area (Å²) in [6.45, 7) is 0.849. The summed E-state index contributed by atoms with van der Waals surface area (Å²) >= 11 is 7.54. The summed E-state index contributed by atoms with van der Waals surface area (Å²) in [6, 6.07) is 17.8. The van der Waals surface area contributed by atoms with Crippen molar-refractivity contribution >= 4 is 23.4 Å². The molecule has 2 rings (SSSR count). The Morgan fingerprint density at radius 2 is 1.71 bits per heavy atom. The number of benzene rings is 2. The lowest BCUT2D eigenvalue weighted by Gasteiger charge is -2.11. The second kappa shape index (κ2) is 9.11. The number of hydrogen-bond acceptors (Lipinski definition) is 3. The van der Waals surface area contributed by atoms with Crippen LogP contribution in [0.4, 0.5) is 0 Å². The van der Waals surface area contributed by atoms with Crippen LogP contribution in [0.25, 0.3) is 0 Å². The minimum atomic E-state index is -0.439. The van der Waals surface area contributed by atoms with Gasteiger partial charge in [0.1, 0.15) is 0 Å². The second-order valence-electron chi connectivity index (χ2n) is 4.80. The van der Waals surface area contributed by atoms with Crippen LogP contribution >= 0.6 is 23.4 Å². The molecule has 0 aliphatic carbocycles. The molecule has 0 bridgehead atoms. The Morgan fingerprint density at radius 3 is 2.43 bits per heavy atom. The normalized spacial score (nSPS) is 12.3. The van der Waals surface area contributed by atoms with Gasteiger partial charge < -0.3 is 9.84 Å². The molecule has 0 radical (unpaired) electrons. The van der Waals surface area contributed by atoms with Crippen molar-refractivity contribution in [3.8, 4) is 0 Å². The minimum absolute atomic E-state index is 0.352. The van der Waals surface area contributed by atoms with Crippen molar-refractivity contribution < 1.29 is 9.84 Å². The predicted molar refractivity (Wildman–Crippen MR) is 89.7 cm³/mol. The Labute approximate surface area is 135 Å². The van der Waals surface area contributed by atoms with Gasteiger partial charge in [0.15, 0.2) is 0 Å². The van der Waals surface area contributed by atoms with E-state index in [0.29, 0.717) is 19.0 Å². The molecule has 112 valence electrons. The van der Waals surface area contributed by atoms with Gasteiger partial charge in [0.2, 0.25) is 0 Å². The van der Waals surface area contributed by atoms with Gasteiger partial charge in [-0.15, -0.1) is 0 Å². The molecule has 0 fully saturated rings. The smallest absolute Gasteiger partial charge is 0.0864 e. The Balaban J connectivity index is 1.59. The van der Waals surface area contributed by atoms with Gasteiger partial charge >= 0.3 is 0 Å². The van der Waals surface area contributed by atoms with Crippen LogP contribution in [0.5, 0.6) is 0 Å². The van der Waals surface area contributed by atoms with Crippen LogP contribution in [-0.2, 0) is 17.1 Å². The first kappa shape index (κ1) is 16.4. The standard InChI is InChI=1S/C17H19ClO2S/c18-16-8-6-14(7-9-16)10-20-11-17(19)13-21-12-15-4-2-1-3-5-15/h1-9,17,19H,10-13H2. The molecule has 0 saturated carbocycles. The van der Waals surface area contributed by atoms with Gasteiger partial charge in [-0.25, -0.2) is 0 Å². The summed E-state index contributed by atoms with van der Waals surface area (Å²) in [5, 5.41) is 10.6. The van der Waals surface area contributed by atoms with Gasteiger partial charge in [0.25, 0.3) is 0 Å². The molecule has 0 saturated heterocycles. The highest BCUT2D eigenvalue weighted by atomic mass is 35.5. The largest absolute Gasteiger partial charge is 0.390 e. The number of thioether (sulfide) groups is 1. The lowest BCUT2D eigenvalue weighted by Crippen LogP contribution is -2.18. The van der Waals surface area contributed by atoms with Gasteiger partial charge in [-0.2, -0.15) is 11.8 Å². The molecule has 0 aliphatic rings. The van der Waals surface area contributed by atoms with Crippen LogP contribution in [0.3, 0.4) is 0 Å². The third-order valence-electron chi connectivity index (χ3n) is 2.91. The van der Waals surface area contributed by atoms with Gasteiger partial charge in [-0.05, 0) is 23.3 Å². The topological polar surface area (TPSA) is 29.5 Å². The quantitative estimate of drug-likeness (QED) is 0.791. The fourth-order valence-corrected chi connectivity index (χ4v) is 2.87. The predicted octanol–water partition coefficient (Wildman–Crippen LogP) is 4.15. The Morgan fingerprint density at radius 1 is 1.00 bits per heavy atom. The third kappa shape index (κ3) is 6.53. The maximum atomic E-state index is 9.88. The van der Waals surface area contributed by atoms with E-state index >= 15 is 0 Å². The third-order valence-corrected chi connectivity index (χ3v) is 4.32. The highest BCUT2D eigenvalue weighted by Crippen LogP contribution is 2.14. The van der Waals surface area contributed by atoms with E-state index in [1.54, 1.807) is 11.8 Å². The van der Waals surface area contributed by atoms with Crippen LogP contribution in [0.2, 0.25) is 5.02 Å². The van der Waals surface area contributed by atoms with Crippen molar-refractivity contribution in [1.82, 2.24) is 0 Å². The van der Waals surface area contributed by atoms with E-state index < -0.39 is 6.10 Å². The lowest BCUT2D eigenvalue weighted by atomic mass is 10.2. The second-order valence-corrected chi connectivity index (χ2v) is 6.26. The summed E-state index contributed by atoms with van der Waals surface area (Å²) in [5.41, 5.74) is 2.33. The molecule has 1 N–H and O–H groups in total. The van der Waals surface area contributed by atoms with Crippen molar-refractivity contribution in [2.75, 3.05) is 12.4 Å². The average molecular weight is 323 g/mol. The van der Waals surface area contributed by atoms with Gasteiger partial charge in [-0.1, -0.05) is 54.1 Å². The molecule has 2 aromatic carbocycles. The van der Waals surface area contributed by atoms with E-state index in [2.05, 4.69) is 12.1 Å². The molecule has 1 unspecified atom stereocenters. The van der Waals surface area contributed by atoms with E-state index in [1.165, 1.54) is 5.56 Å². The first-order valence-electron chi connectivity index (χ1n) is 6.86. The summed E-state index contributed by atoms with van der Waals surface area (Å²) in [7, 11) is 0. The molecule has 0 amide bonds. The van der Waals surface area contributed by atoms with Crippen LogP contribution in [0, 0.1) is 0 Å². The fourth-order valence-electron chi connectivity index (χ4n) is 1.83. The molecule has 0 spiro atoms. The number of aliphatic hydroxyl groups excluding tert-OH is 1. The number of ether oxygens (including phenoxy) is 1. The van der Waals surface area contributed by atoms with Crippen molar-refractivity contribution in [1.29, 1.82) is 0 Å². The zero-order chi connectivity index (χ0) is 14.9. The highest BCUT2D eigenvalue weighted by Gasteiger charge is 2.05. The molecule has 0 heterocycles. The van der Waals surface area contributed by atoms with Crippen LogP contribution in [-0.4, -0.2) is 23.6 Å². The molecule has 2 nitrogen and oxygen atoms in total. The first-order valence-corrected chi connectivity index (χ1v) is 8.39. The monoisotopic (exact) mass is 322 g/mol.